The van der Waals surface area contributed by atoms with Gasteiger partial charge in [0.1, 0.15) is 12.3 Å². The first kappa shape index (κ1) is 11.7. The highest BCUT2D eigenvalue weighted by atomic mass is 19.4. The predicted molar refractivity (Wildman–Crippen MR) is 47.7 cm³/mol. The lowest BCUT2D eigenvalue weighted by Crippen LogP contribution is -2.65. The van der Waals surface area contributed by atoms with Crippen LogP contribution in [0.4, 0.5) is 13.2 Å². The molecule has 84 valence electrons. The third kappa shape index (κ3) is 3.43. The molecular formula is C8H16F3N3. The van der Waals surface area contributed by atoms with E-state index in [1.165, 1.54) is 0 Å². The number of hydrogen-bond acceptors (Lipinski definition) is 3. The third-order valence-corrected chi connectivity index (χ3v) is 2.04. The second-order valence-electron chi connectivity index (χ2n) is 3.76. The second-order valence-corrected chi connectivity index (χ2v) is 3.76. The SMILES string of the molecule is CC(C)NC1NCCC(C(F)(F)F)N1. The fraction of sp³-hybridized carbons (Fsp3) is 1.00. The lowest BCUT2D eigenvalue weighted by molar-refractivity contribution is -0.164. The van der Waals surface area contributed by atoms with Crippen LogP contribution in [-0.2, 0) is 0 Å². The highest BCUT2D eigenvalue weighted by molar-refractivity contribution is 4.84. The summed E-state index contributed by atoms with van der Waals surface area (Å²) in [4.78, 5) is 0. The monoisotopic (exact) mass is 211 g/mol. The molecule has 14 heavy (non-hydrogen) atoms. The van der Waals surface area contributed by atoms with Crippen molar-refractivity contribution in [1.82, 2.24) is 16.0 Å². The zero-order valence-corrected chi connectivity index (χ0v) is 8.28. The first-order valence-corrected chi connectivity index (χ1v) is 4.72. The molecule has 3 nitrogen and oxygen atoms in total. The number of rotatable bonds is 2. The number of hydrogen-bond donors (Lipinski definition) is 3. The van der Waals surface area contributed by atoms with Crippen LogP contribution >= 0.6 is 0 Å². The quantitative estimate of drug-likeness (QED) is 0.631. The normalized spacial score (nSPS) is 29.6. The summed E-state index contributed by atoms with van der Waals surface area (Å²) in [5.74, 6) is 0. The van der Waals surface area contributed by atoms with Gasteiger partial charge in [-0.25, -0.2) is 0 Å². The van der Waals surface area contributed by atoms with Crippen molar-refractivity contribution in [3.8, 4) is 0 Å². The van der Waals surface area contributed by atoms with Gasteiger partial charge in [0.15, 0.2) is 0 Å². The molecule has 0 bridgehead atoms. The second kappa shape index (κ2) is 4.46. The highest BCUT2D eigenvalue weighted by Gasteiger charge is 2.41. The fourth-order valence-corrected chi connectivity index (χ4v) is 1.41. The molecule has 6 heteroatoms. The average molecular weight is 211 g/mol. The van der Waals surface area contributed by atoms with E-state index in [1.54, 1.807) is 0 Å². The van der Waals surface area contributed by atoms with E-state index >= 15 is 0 Å². The molecule has 1 rings (SSSR count). The summed E-state index contributed by atoms with van der Waals surface area (Å²) in [6, 6.07) is -1.26. The Hall–Kier alpha value is -0.330. The van der Waals surface area contributed by atoms with E-state index in [9.17, 15) is 13.2 Å². The van der Waals surface area contributed by atoms with Crippen LogP contribution in [-0.4, -0.2) is 31.1 Å². The Kier molecular flexibility index (Phi) is 3.74. The Morgan fingerprint density at radius 3 is 2.50 bits per heavy atom. The summed E-state index contributed by atoms with van der Waals surface area (Å²) in [6.07, 6.45) is -4.52. The van der Waals surface area contributed by atoms with Crippen molar-refractivity contribution in [2.75, 3.05) is 6.54 Å². The van der Waals surface area contributed by atoms with Gasteiger partial charge in [-0.05, 0) is 26.8 Å². The summed E-state index contributed by atoms with van der Waals surface area (Å²) in [5, 5.41) is 8.37. The molecule has 1 heterocycles. The molecule has 0 aromatic heterocycles. The minimum Gasteiger partial charge on any atom is -0.290 e. The molecular weight excluding hydrogens is 195 g/mol. The van der Waals surface area contributed by atoms with Gasteiger partial charge in [-0.2, -0.15) is 13.2 Å². The summed E-state index contributed by atoms with van der Waals surface area (Å²) < 4.78 is 37.0. The van der Waals surface area contributed by atoms with Crippen molar-refractivity contribution in [1.29, 1.82) is 0 Å². The predicted octanol–water partition coefficient (Wildman–Crippen LogP) is 0.782. The lowest BCUT2D eigenvalue weighted by Gasteiger charge is -2.34. The van der Waals surface area contributed by atoms with Crippen molar-refractivity contribution in [2.24, 2.45) is 0 Å². The van der Waals surface area contributed by atoms with E-state index in [1.807, 2.05) is 13.8 Å². The molecule has 1 aliphatic heterocycles. The van der Waals surface area contributed by atoms with Crippen LogP contribution in [0, 0.1) is 0 Å². The lowest BCUT2D eigenvalue weighted by atomic mass is 10.1. The van der Waals surface area contributed by atoms with Gasteiger partial charge in [0.25, 0.3) is 0 Å². The molecule has 0 aromatic rings. The van der Waals surface area contributed by atoms with E-state index in [-0.39, 0.29) is 12.5 Å². The molecule has 0 saturated carbocycles. The molecule has 0 aromatic carbocycles. The summed E-state index contributed by atoms with van der Waals surface area (Å²) >= 11 is 0. The number of alkyl halides is 3. The van der Waals surface area contributed by atoms with Gasteiger partial charge in [0.2, 0.25) is 0 Å². The van der Waals surface area contributed by atoms with Crippen molar-refractivity contribution in [3.63, 3.8) is 0 Å². The zero-order valence-electron chi connectivity index (χ0n) is 8.28. The van der Waals surface area contributed by atoms with Gasteiger partial charge in [-0.15, -0.1) is 0 Å². The largest absolute Gasteiger partial charge is 0.403 e. The van der Waals surface area contributed by atoms with Gasteiger partial charge in [-0.1, -0.05) is 0 Å². The summed E-state index contributed by atoms with van der Waals surface area (Å²) in [6.45, 7) is 4.16. The first-order valence-electron chi connectivity index (χ1n) is 4.72. The molecule has 1 saturated heterocycles. The number of nitrogens with one attached hydrogen (secondary N) is 3. The van der Waals surface area contributed by atoms with Crippen molar-refractivity contribution in [2.45, 2.75) is 44.8 Å². The smallest absolute Gasteiger partial charge is 0.290 e. The Labute approximate surface area is 81.4 Å². The molecule has 0 aliphatic carbocycles. The molecule has 1 fully saturated rings. The van der Waals surface area contributed by atoms with E-state index in [4.69, 9.17) is 0 Å². The summed E-state index contributed by atoms with van der Waals surface area (Å²) in [5.41, 5.74) is 0. The van der Waals surface area contributed by atoms with Crippen LogP contribution in [0.5, 0.6) is 0 Å². The van der Waals surface area contributed by atoms with E-state index in [2.05, 4.69) is 16.0 Å². The molecule has 2 unspecified atom stereocenters. The molecule has 0 amide bonds. The molecule has 1 aliphatic rings. The molecule has 3 N–H and O–H groups in total. The van der Waals surface area contributed by atoms with Gasteiger partial charge in [-0.3, -0.25) is 16.0 Å². The van der Waals surface area contributed by atoms with Gasteiger partial charge in [0.05, 0.1) is 0 Å². The van der Waals surface area contributed by atoms with Crippen LogP contribution < -0.4 is 16.0 Å². The Morgan fingerprint density at radius 2 is 2.00 bits per heavy atom. The van der Waals surface area contributed by atoms with Crippen LogP contribution in [0.1, 0.15) is 20.3 Å². The molecule has 0 spiro atoms. The average Bonchev–Trinajstić information content (AvgIpc) is 2.01. The maximum atomic E-state index is 12.3. The zero-order chi connectivity index (χ0) is 10.8. The summed E-state index contributed by atoms with van der Waals surface area (Å²) in [7, 11) is 0. The van der Waals surface area contributed by atoms with Gasteiger partial charge < -0.3 is 0 Å². The Bertz CT molecular complexity index is 181. The topological polar surface area (TPSA) is 36.1 Å². The highest BCUT2D eigenvalue weighted by Crippen LogP contribution is 2.23. The third-order valence-electron chi connectivity index (χ3n) is 2.04. The fourth-order valence-electron chi connectivity index (χ4n) is 1.41. The minimum absolute atomic E-state index is 0.0831. The standard InChI is InChI=1S/C8H16F3N3/c1-5(2)13-7-12-4-3-6(14-7)8(9,10)11/h5-7,12-14H,3-4H2,1-2H3. The van der Waals surface area contributed by atoms with Gasteiger partial charge >= 0.3 is 6.18 Å². The molecule has 2 atom stereocenters. The first-order chi connectivity index (χ1) is 6.39. The Balaban J connectivity index is 2.44. The van der Waals surface area contributed by atoms with Crippen molar-refractivity contribution in [3.05, 3.63) is 0 Å². The van der Waals surface area contributed by atoms with Crippen LogP contribution in [0.25, 0.3) is 0 Å². The van der Waals surface area contributed by atoms with Crippen LogP contribution in [0.3, 0.4) is 0 Å². The maximum absolute atomic E-state index is 12.3. The Morgan fingerprint density at radius 1 is 1.36 bits per heavy atom. The maximum Gasteiger partial charge on any atom is 0.403 e. The van der Waals surface area contributed by atoms with E-state index in [0.717, 1.165) is 0 Å². The minimum atomic E-state index is -4.15. The van der Waals surface area contributed by atoms with Crippen LogP contribution in [0.2, 0.25) is 0 Å². The van der Waals surface area contributed by atoms with Crippen molar-refractivity contribution >= 4 is 0 Å². The van der Waals surface area contributed by atoms with E-state index in [0.29, 0.717) is 6.54 Å². The van der Waals surface area contributed by atoms with Gasteiger partial charge in [0, 0.05) is 6.04 Å². The van der Waals surface area contributed by atoms with E-state index < -0.39 is 18.5 Å². The molecule has 0 radical (unpaired) electrons. The number of halogens is 3. The van der Waals surface area contributed by atoms with Crippen LogP contribution in [0.15, 0.2) is 0 Å². The van der Waals surface area contributed by atoms with Crippen molar-refractivity contribution < 1.29 is 13.2 Å².